The smallest absolute Gasteiger partial charge is 0.259 e. The Morgan fingerprint density at radius 2 is 1.96 bits per heavy atom. The van der Waals surface area contributed by atoms with Gasteiger partial charge in [-0.05, 0) is 35.8 Å². The fraction of sp³-hybridized carbons (Fsp3) is 0.250. The van der Waals surface area contributed by atoms with Gasteiger partial charge in [0.1, 0.15) is 0 Å². The van der Waals surface area contributed by atoms with Crippen LogP contribution in [0, 0.1) is 5.92 Å². The normalized spacial score (nSPS) is 15.2. The number of amides is 1. The summed E-state index contributed by atoms with van der Waals surface area (Å²) in [6.45, 7) is 4.89. The number of ether oxygens (including phenoxy) is 1. The highest BCUT2D eigenvalue weighted by molar-refractivity contribution is 6.35. The summed E-state index contributed by atoms with van der Waals surface area (Å²) < 4.78 is 5.15. The van der Waals surface area contributed by atoms with Crippen LogP contribution in [0.2, 0.25) is 0 Å². The third-order valence-corrected chi connectivity index (χ3v) is 4.02. The van der Waals surface area contributed by atoms with E-state index in [4.69, 9.17) is 4.74 Å². The monoisotopic (exact) mass is 323 g/mol. The third kappa shape index (κ3) is 2.87. The molecule has 4 nitrogen and oxygen atoms in total. The molecule has 1 heterocycles. The molecule has 2 aromatic carbocycles. The molecule has 0 aromatic heterocycles. The molecule has 0 aliphatic carbocycles. The van der Waals surface area contributed by atoms with Gasteiger partial charge in [0.25, 0.3) is 5.91 Å². The molecular formula is C20H21NO3. The van der Waals surface area contributed by atoms with Crippen molar-refractivity contribution in [2.45, 2.75) is 13.8 Å². The number of para-hydroxylation sites is 1. The van der Waals surface area contributed by atoms with E-state index in [-0.39, 0.29) is 11.7 Å². The standard InChI is InChI=1S/C20H21NO3/c1-13(2)12-21-17-7-5-4-6-15(17)16(20(21)23)10-14-8-9-18(22)19(11-14)24-3/h4-11,13,22H,12H2,1-3H3/b16-10-. The predicted octanol–water partition coefficient (Wildman–Crippen LogP) is 3.94. The number of phenols is 1. The van der Waals surface area contributed by atoms with Crippen molar-refractivity contribution in [3.8, 4) is 11.5 Å². The van der Waals surface area contributed by atoms with E-state index < -0.39 is 0 Å². The van der Waals surface area contributed by atoms with Crippen LogP contribution in [0.15, 0.2) is 42.5 Å². The maximum Gasteiger partial charge on any atom is 0.259 e. The maximum atomic E-state index is 12.9. The Morgan fingerprint density at radius 3 is 2.67 bits per heavy atom. The largest absolute Gasteiger partial charge is 0.504 e. The number of phenolic OH excluding ortho intramolecular Hbond substituents is 1. The minimum atomic E-state index is 0.0111. The second kappa shape index (κ2) is 6.40. The lowest BCUT2D eigenvalue weighted by Crippen LogP contribution is -2.30. The molecule has 0 saturated heterocycles. The number of fused-ring (bicyclic) bond motifs is 1. The molecule has 4 heteroatoms. The summed E-state index contributed by atoms with van der Waals surface area (Å²) >= 11 is 0. The molecule has 0 fully saturated rings. The minimum absolute atomic E-state index is 0.0111. The summed E-state index contributed by atoms with van der Waals surface area (Å²) in [5.74, 6) is 0.869. The van der Waals surface area contributed by atoms with Crippen molar-refractivity contribution < 1.29 is 14.6 Å². The lowest BCUT2D eigenvalue weighted by molar-refractivity contribution is -0.113. The second-order valence-electron chi connectivity index (χ2n) is 6.32. The summed E-state index contributed by atoms with van der Waals surface area (Å²) in [7, 11) is 1.51. The highest BCUT2D eigenvalue weighted by atomic mass is 16.5. The topological polar surface area (TPSA) is 49.8 Å². The zero-order valence-electron chi connectivity index (χ0n) is 14.1. The molecule has 0 atom stereocenters. The van der Waals surface area contributed by atoms with E-state index in [1.54, 1.807) is 18.2 Å². The van der Waals surface area contributed by atoms with Gasteiger partial charge < -0.3 is 14.7 Å². The number of aromatic hydroxyl groups is 1. The number of nitrogens with zero attached hydrogens (tertiary/aromatic N) is 1. The minimum Gasteiger partial charge on any atom is -0.504 e. The van der Waals surface area contributed by atoms with Crippen LogP contribution in [0.3, 0.4) is 0 Å². The van der Waals surface area contributed by atoms with Gasteiger partial charge in [0.05, 0.1) is 12.8 Å². The second-order valence-corrected chi connectivity index (χ2v) is 6.32. The van der Waals surface area contributed by atoms with Crippen LogP contribution in [-0.4, -0.2) is 24.7 Å². The van der Waals surface area contributed by atoms with Crippen LogP contribution < -0.4 is 9.64 Å². The number of rotatable bonds is 4. The van der Waals surface area contributed by atoms with Gasteiger partial charge in [-0.25, -0.2) is 0 Å². The van der Waals surface area contributed by atoms with Gasteiger partial charge in [-0.15, -0.1) is 0 Å². The Morgan fingerprint density at radius 1 is 1.21 bits per heavy atom. The van der Waals surface area contributed by atoms with Gasteiger partial charge in [-0.1, -0.05) is 38.1 Å². The first-order chi connectivity index (χ1) is 11.5. The highest BCUT2D eigenvalue weighted by Crippen LogP contribution is 2.38. The summed E-state index contributed by atoms with van der Waals surface area (Å²) in [4.78, 5) is 14.7. The van der Waals surface area contributed by atoms with Crippen LogP contribution in [0.4, 0.5) is 5.69 Å². The van der Waals surface area contributed by atoms with Gasteiger partial charge >= 0.3 is 0 Å². The average Bonchev–Trinajstić information content (AvgIpc) is 2.82. The van der Waals surface area contributed by atoms with Crippen molar-refractivity contribution in [1.82, 2.24) is 0 Å². The first-order valence-electron chi connectivity index (χ1n) is 8.01. The summed E-state index contributed by atoms with van der Waals surface area (Å²) in [5, 5.41) is 9.73. The first kappa shape index (κ1) is 16.1. The van der Waals surface area contributed by atoms with Gasteiger partial charge in [0.15, 0.2) is 11.5 Å². The fourth-order valence-corrected chi connectivity index (χ4v) is 2.94. The van der Waals surface area contributed by atoms with E-state index >= 15 is 0 Å². The molecule has 24 heavy (non-hydrogen) atoms. The summed E-state index contributed by atoms with van der Waals surface area (Å²) in [6.07, 6.45) is 1.85. The Kier molecular flexibility index (Phi) is 4.30. The van der Waals surface area contributed by atoms with Crippen LogP contribution in [0.1, 0.15) is 25.0 Å². The lowest BCUT2D eigenvalue weighted by Gasteiger charge is -2.19. The molecule has 124 valence electrons. The molecule has 0 saturated carbocycles. The van der Waals surface area contributed by atoms with Crippen LogP contribution in [-0.2, 0) is 4.79 Å². The highest BCUT2D eigenvalue weighted by Gasteiger charge is 2.32. The molecule has 1 aliphatic heterocycles. The van der Waals surface area contributed by atoms with E-state index in [0.29, 0.717) is 23.8 Å². The zero-order valence-corrected chi connectivity index (χ0v) is 14.1. The lowest BCUT2D eigenvalue weighted by atomic mass is 10.0. The zero-order chi connectivity index (χ0) is 17.3. The number of benzene rings is 2. The predicted molar refractivity (Wildman–Crippen MR) is 96.2 cm³/mol. The number of carbonyl (C=O) groups excluding carboxylic acids is 1. The van der Waals surface area contributed by atoms with E-state index in [2.05, 4.69) is 13.8 Å². The van der Waals surface area contributed by atoms with E-state index in [9.17, 15) is 9.90 Å². The van der Waals surface area contributed by atoms with E-state index in [1.165, 1.54) is 7.11 Å². The summed E-state index contributed by atoms with van der Waals surface area (Å²) in [5.41, 5.74) is 3.37. The Labute approximate surface area is 142 Å². The van der Waals surface area contributed by atoms with Crippen molar-refractivity contribution in [2.24, 2.45) is 5.92 Å². The molecule has 1 amide bonds. The van der Waals surface area contributed by atoms with Gasteiger partial charge in [0, 0.05) is 17.7 Å². The third-order valence-electron chi connectivity index (χ3n) is 4.02. The van der Waals surface area contributed by atoms with Crippen LogP contribution in [0.25, 0.3) is 11.6 Å². The van der Waals surface area contributed by atoms with Crippen molar-refractivity contribution in [3.05, 3.63) is 53.6 Å². The molecule has 0 spiro atoms. The van der Waals surface area contributed by atoms with Crippen LogP contribution >= 0.6 is 0 Å². The van der Waals surface area contributed by atoms with Crippen molar-refractivity contribution in [2.75, 3.05) is 18.6 Å². The molecule has 1 N–H and O–H groups in total. The van der Waals surface area contributed by atoms with Gasteiger partial charge in [0.2, 0.25) is 0 Å². The van der Waals surface area contributed by atoms with E-state index in [0.717, 1.165) is 16.8 Å². The van der Waals surface area contributed by atoms with Gasteiger partial charge in [-0.2, -0.15) is 0 Å². The fourth-order valence-electron chi connectivity index (χ4n) is 2.94. The molecular weight excluding hydrogens is 302 g/mol. The Bertz CT molecular complexity index is 808. The number of hydrogen-bond acceptors (Lipinski definition) is 3. The van der Waals surface area contributed by atoms with Crippen LogP contribution in [0.5, 0.6) is 11.5 Å². The SMILES string of the molecule is COc1cc(/C=C2\C(=O)N(CC(C)C)c3ccccc32)ccc1O. The molecule has 0 bridgehead atoms. The first-order valence-corrected chi connectivity index (χ1v) is 8.01. The van der Waals surface area contributed by atoms with Crippen molar-refractivity contribution in [3.63, 3.8) is 0 Å². The molecule has 0 radical (unpaired) electrons. The summed E-state index contributed by atoms with van der Waals surface area (Å²) in [6, 6.07) is 12.9. The Balaban J connectivity index is 2.06. The molecule has 3 rings (SSSR count). The number of hydrogen-bond donors (Lipinski definition) is 1. The molecule has 0 unspecified atom stereocenters. The molecule has 2 aromatic rings. The van der Waals surface area contributed by atoms with Crippen molar-refractivity contribution >= 4 is 23.2 Å². The number of anilines is 1. The van der Waals surface area contributed by atoms with E-state index in [1.807, 2.05) is 35.2 Å². The maximum absolute atomic E-state index is 12.9. The van der Waals surface area contributed by atoms with Gasteiger partial charge in [-0.3, -0.25) is 4.79 Å². The van der Waals surface area contributed by atoms with Crippen molar-refractivity contribution in [1.29, 1.82) is 0 Å². The number of methoxy groups -OCH3 is 1. The average molecular weight is 323 g/mol. The quantitative estimate of drug-likeness (QED) is 0.867. The Hall–Kier alpha value is -2.75. The molecule has 1 aliphatic rings. The number of carbonyl (C=O) groups is 1.